The maximum atomic E-state index is 12.1. The fourth-order valence-electron chi connectivity index (χ4n) is 2.70. The molecule has 2 heterocycles. The van der Waals surface area contributed by atoms with E-state index in [1.807, 2.05) is 0 Å². The molecular weight excluding hydrogens is 256 g/mol. The predicted octanol–water partition coefficient (Wildman–Crippen LogP) is 0.667. The van der Waals surface area contributed by atoms with Crippen molar-refractivity contribution in [2.24, 2.45) is 0 Å². The third-order valence-electron chi connectivity index (χ3n) is 3.58. The molecule has 1 N–H and O–H groups in total. The van der Waals surface area contributed by atoms with Gasteiger partial charge in [0.25, 0.3) is 11.8 Å². The molecule has 1 saturated heterocycles. The van der Waals surface area contributed by atoms with Crippen LogP contribution >= 0.6 is 11.6 Å². The number of fused-ring (bicyclic) bond motifs is 2. The molecule has 0 bridgehead atoms. The number of rotatable bonds is 0. The first kappa shape index (κ1) is 11.2. The maximum Gasteiger partial charge on any atom is 0.257 e. The van der Waals surface area contributed by atoms with E-state index >= 15 is 0 Å². The van der Waals surface area contributed by atoms with Crippen LogP contribution in [0.5, 0.6) is 0 Å². The summed E-state index contributed by atoms with van der Waals surface area (Å²) in [6, 6.07) is 4.89. The van der Waals surface area contributed by atoms with Crippen molar-refractivity contribution in [3.8, 4) is 0 Å². The highest BCUT2D eigenvalue weighted by Gasteiger charge is 2.59. The third kappa shape index (κ3) is 1.09. The van der Waals surface area contributed by atoms with E-state index in [1.54, 1.807) is 18.2 Å². The van der Waals surface area contributed by atoms with Crippen molar-refractivity contribution in [3.05, 3.63) is 34.3 Å². The molecule has 1 atom stereocenters. The van der Waals surface area contributed by atoms with E-state index in [9.17, 15) is 14.4 Å². The van der Waals surface area contributed by atoms with Crippen LogP contribution in [-0.4, -0.2) is 29.7 Å². The van der Waals surface area contributed by atoms with Gasteiger partial charge in [-0.1, -0.05) is 17.7 Å². The Morgan fingerprint density at radius 2 is 2.06 bits per heavy atom. The Balaban J connectivity index is 2.34. The second kappa shape index (κ2) is 3.32. The van der Waals surface area contributed by atoms with Crippen molar-refractivity contribution in [1.82, 2.24) is 10.2 Å². The second-order valence-corrected chi connectivity index (χ2v) is 4.85. The monoisotopic (exact) mass is 264 g/mol. The Kier molecular flexibility index (Phi) is 2.07. The van der Waals surface area contributed by atoms with Crippen LogP contribution in [-0.2, 0) is 15.1 Å². The number of imide groups is 1. The van der Waals surface area contributed by atoms with Crippen LogP contribution < -0.4 is 5.32 Å². The summed E-state index contributed by atoms with van der Waals surface area (Å²) in [4.78, 5) is 37.0. The highest BCUT2D eigenvalue weighted by Crippen LogP contribution is 2.46. The molecule has 2 aliphatic rings. The van der Waals surface area contributed by atoms with Gasteiger partial charge in [-0.25, -0.2) is 0 Å². The fourth-order valence-corrected chi connectivity index (χ4v) is 3.03. The molecular formula is C12H9ClN2O3. The van der Waals surface area contributed by atoms with Crippen molar-refractivity contribution in [2.45, 2.75) is 12.0 Å². The van der Waals surface area contributed by atoms with Gasteiger partial charge in [-0.2, -0.15) is 0 Å². The van der Waals surface area contributed by atoms with E-state index in [4.69, 9.17) is 11.6 Å². The van der Waals surface area contributed by atoms with Gasteiger partial charge in [0.1, 0.15) is 0 Å². The Morgan fingerprint density at radius 3 is 2.67 bits per heavy atom. The Morgan fingerprint density at radius 1 is 1.33 bits per heavy atom. The number of benzene rings is 1. The molecule has 1 aromatic rings. The quantitative estimate of drug-likeness (QED) is 0.701. The topological polar surface area (TPSA) is 66.5 Å². The van der Waals surface area contributed by atoms with Crippen LogP contribution in [0.15, 0.2) is 18.2 Å². The van der Waals surface area contributed by atoms with Gasteiger partial charge in [0.05, 0.1) is 6.42 Å². The molecule has 92 valence electrons. The molecule has 3 rings (SSSR count). The van der Waals surface area contributed by atoms with Crippen LogP contribution in [0, 0.1) is 0 Å². The first-order chi connectivity index (χ1) is 8.48. The SMILES string of the molecule is CN1C(=O)c2cccc(Cl)c2C12CC(=O)NC2=O. The van der Waals surface area contributed by atoms with E-state index in [0.717, 1.165) is 0 Å². The van der Waals surface area contributed by atoms with Crippen LogP contribution in [0.2, 0.25) is 5.02 Å². The molecule has 0 radical (unpaired) electrons. The number of carbonyl (C=O) groups excluding carboxylic acids is 3. The standard InChI is InChI=1S/C12H9ClN2O3/c1-15-10(17)6-3-2-4-7(13)9(6)12(15)5-8(16)14-11(12)18/h2-4H,5H2,1H3,(H,14,16,18). The zero-order valence-corrected chi connectivity index (χ0v) is 10.2. The summed E-state index contributed by atoms with van der Waals surface area (Å²) in [5, 5.41) is 2.57. The average Bonchev–Trinajstić information content (AvgIpc) is 2.72. The Hall–Kier alpha value is -1.88. The second-order valence-electron chi connectivity index (χ2n) is 4.44. The summed E-state index contributed by atoms with van der Waals surface area (Å²) in [6.07, 6.45) is -0.0786. The fraction of sp³-hybridized carbons (Fsp3) is 0.250. The third-order valence-corrected chi connectivity index (χ3v) is 3.89. The molecule has 3 amide bonds. The number of likely N-dealkylation sites (N-methyl/N-ethyl adjacent to an activating group) is 1. The summed E-state index contributed by atoms with van der Waals surface area (Å²) in [5.74, 6) is -1.18. The van der Waals surface area contributed by atoms with E-state index in [0.29, 0.717) is 16.1 Å². The van der Waals surface area contributed by atoms with Crippen molar-refractivity contribution in [3.63, 3.8) is 0 Å². The lowest BCUT2D eigenvalue weighted by atomic mass is 9.88. The molecule has 1 spiro atoms. The summed E-state index contributed by atoms with van der Waals surface area (Å²) < 4.78 is 0. The molecule has 1 unspecified atom stereocenters. The average molecular weight is 265 g/mol. The van der Waals surface area contributed by atoms with Crippen LogP contribution in [0.3, 0.4) is 0 Å². The number of hydrogen-bond acceptors (Lipinski definition) is 3. The van der Waals surface area contributed by atoms with Crippen molar-refractivity contribution in [2.75, 3.05) is 7.05 Å². The highest BCUT2D eigenvalue weighted by atomic mass is 35.5. The lowest BCUT2D eigenvalue weighted by molar-refractivity contribution is -0.128. The normalized spacial score (nSPS) is 25.9. The van der Waals surface area contributed by atoms with Crippen molar-refractivity contribution in [1.29, 1.82) is 0 Å². The predicted molar refractivity (Wildman–Crippen MR) is 63.0 cm³/mol. The lowest BCUT2D eigenvalue weighted by Crippen LogP contribution is -2.46. The minimum absolute atomic E-state index is 0.0786. The molecule has 0 aliphatic carbocycles. The van der Waals surface area contributed by atoms with Gasteiger partial charge >= 0.3 is 0 Å². The summed E-state index contributed by atoms with van der Waals surface area (Å²) in [5.41, 5.74) is -0.459. The van der Waals surface area contributed by atoms with E-state index < -0.39 is 17.4 Å². The lowest BCUT2D eigenvalue weighted by Gasteiger charge is -2.29. The number of hydrogen-bond donors (Lipinski definition) is 1. The summed E-state index contributed by atoms with van der Waals surface area (Å²) in [7, 11) is 1.51. The minimum atomic E-state index is -1.28. The van der Waals surface area contributed by atoms with Crippen molar-refractivity contribution >= 4 is 29.3 Å². The number of amides is 3. The van der Waals surface area contributed by atoms with Gasteiger partial charge in [0.15, 0.2) is 5.54 Å². The van der Waals surface area contributed by atoms with E-state index in [2.05, 4.69) is 5.32 Å². The first-order valence-corrected chi connectivity index (χ1v) is 5.77. The largest absolute Gasteiger partial charge is 0.323 e. The van der Waals surface area contributed by atoms with Gasteiger partial charge in [-0.05, 0) is 12.1 Å². The van der Waals surface area contributed by atoms with Crippen molar-refractivity contribution < 1.29 is 14.4 Å². The molecule has 1 fully saturated rings. The van der Waals surface area contributed by atoms with Crippen LogP contribution in [0.25, 0.3) is 0 Å². The van der Waals surface area contributed by atoms with Gasteiger partial charge < -0.3 is 4.90 Å². The molecule has 1 aromatic carbocycles. The highest BCUT2D eigenvalue weighted by molar-refractivity contribution is 6.33. The molecule has 18 heavy (non-hydrogen) atoms. The van der Waals surface area contributed by atoms with E-state index in [-0.39, 0.29) is 12.3 Å². The maximum absolute atomic E-state index is 12.1. The molecule has 0 saturated carbocycles. The number of nitrogens with zero attached hydrogens (tertiary/aromatic N) is 1. The molecule has 0 aromatic heterocycles. The smallest absolute Gasteiger partial charge is 0.257 e. The Bertz CT molecular complexity index is 613. The minimum Gasteiger partial charge on any atom is -0.323 e. The molecule has 2 aliphatic heterocycles. The van der Waals surface area contributed by atoms with Crippen LogP contribution in [0.1, 0.15) is 22.3 Å². The Labute approximate surface area is 108 Å². The number of halogens is 1. The first-order valence-electron chi connectivity index (χ1n) is 5.40. The number of nitrogens with one attached hydrogen (secondary N) is 1. The van der Waals surface area contributed by atoms with Gasteiger partial charge in [-0.3, -0.25) is 19.7 Å². The summed E-state index contributed by atoms with van der Waals surface area (Å²) >= 11 is 6.11. The van der Waals surface area contributed by atoms with E-state index in [1.165, 1.54) is 11.9 Å². The zero-order chi connectivity index (χ0) is 13.1. The van der Waals surface area contributed by atoms with Gasteiger partial charge in [-0.15, -0.1) is 0 Å². The molecule has 6 heteroatoms. The van der Waals surface area contributed by atoms with Gasteiger partial charge in [0, 0.05) is 23.2 Å². The van der Waals surface area contributed by atoms with Gasteiger partial charge in [0.2, 0.25) is 5.91 Å². The molecule has 5 nitrogen and oxygen atoms in total. The number of carbonyl (C=O) groups is 3. The van der Waals surface area contributed by atoms with Crippen LogP contribution in [0.4, 0.5) is 0 Å². The summed E-state index contributed by atoms with van der Waals surface area (Å²) in [6.45, 7) is 0. The zero-order valence-electron chi connectivity index (χ0n) is 9.49.